The van der Waals surface area contributed by atoms with Crippen LogP contribution in [0.3, 0.4) is 0 Å². The first-order valence-electron chi connectivity index (χ1n) is 5.95. The lowest BCUT2D eigenvalue weighted by atomic mass is 10.3. The number of methoxy groups -OCH3 is 1. The molecule has 0 unspecified atom stereocenters. The van der Waals surface area contributed by atoms with Crippen molar-refractivity contribution >= 4 is 45.0 Å². The maximum atomic E-state index is 9.10. The largest absolute Gasteiger partial charge is 0.497 e. The van der Waals surface area contributed by atoms with Gasteiger partial charge < -0.3 is 19.8 Å². The van der Waals surface area contributed by atoms with E-state index in [-0.39, 0.29) is 0 Å². The normalized spacial score (nSPS) is 10.1. The number of nitrogens with zero attached hydrogens (tertiary/aromatic N) is 3. The maximum absolute atomic E-state index is 9.10. The smallest absolute Gasteiger partial charge is 0.414 e. The summed E-state index contributed by atoms with van der Waals surface area (Å²) in [5.41, 5.74) is 0.955. The van der Waals surface area contributed by atoms with Crippen molar-refractivity contribution in [1.29, 1.82) is 0 Å². The molecule has 0 fully saturated rings. The highest BCUT2D eigenvalue weighted by molar-refractivity contribution is 7.22. The Morgan fingerprint density at radius 3 is 2.45 bits per heavy atom. The minimum atomic E-state index is -1.82. The minimum absolute atomic E-state index is 0.761. The van der Waals surface area contributed by atoms with E-state index < -0.39 is 11.9 Å². The van der Waals surface area contributed by atoms with E-state index >= 15 is 0 Å². The van der Waals surface area contributed by atoms with Crippen LogP contribution in [-0.2, 0) is 9.59 Å². The summed E-state index contributed by atoms with van der Waals surface area (Å²) in [6, 6.07) is 5.82. The lowest BCUT2D eigenvalue weighted by Crippen LogP contribution is -2.09. The molecule has 0 aliphatic carbocycles. The van der Waals surface area contributed by atoms with Crippen LogP contribution in [0.2, 0.25) is 0 Å². The second-order valence-corrected chi connectivity index (χ2v) is 5.16. The SMILES string of the molecule is COc1ccc2nc(N=CN(C)C)sc2c1.O=C(O)C(=O)O. The Labute approximate surface area is 130 Å². The topological polar surface area (TPSA) is 112 Å². The summed E-state index contributed by atoms with van der Waals surface area (Å²) in [5.74, 6) is -2.80. The third-order valence-electron chi connectivity index (χ3n) is 2.17. The lowest BCUT2D eigenvalue weighted by molar-refractivity contribution is -0.159. The van der Waals surface area contributed by atoms with Crippen LogP contribution in [-0.4, -0.2) is 59.6 Å². The predicted octanol–water partition coefficient (Wildman–Crippen LogP) is 1.68. The highest BCUT2D eigenvalue weighted by Crippen LogP contribution is 2.30. The fraction of sp³-hybridized carbons (Fsp3) is 0.231. The summed E-state index contributed by atoms with van der Waals surface area (Å²) in [6.07, 6.45) is 1.74. The molecule has 0 saturated carbocycles. The number of carboxylic acid groups (broad SMARTS) is 2. The summed E-state index contributed by atoms with van der Waals surface area (Å²) >= 11 is 1.55. The van der Waals surface area contributed by atoms with E-state index in [0.29, 0.717) is 0 Å². The van der Waals surface area contributed by atoms with Gasteiger partial charge in [-0.05, 0) is 18.2 Å². The fourth-order valence-electron chi connectivity index (χ4n) is 1.24. The number of carboxylic acids is 2. The Hall–Kier alpha value is -2.68. The van der Waals surface area contributed by atoms with Gasteiger partial charge in [-0.15, -0.1) is 0 Å². The number of hydrogen-bond acceptors (Lipinski definition) is 6. The molecule has 0 atom stereocenters. The lowest BCUT2D eigenvalue weighted by Gasteiger charge is -1.99. The molecule has 9 heteroatoms. The third-order valence-corrected chi connectivity index (χ3v) is 3.09. The van der Waals surface area contributed by atoms with Gasteiger partial charge in [0.2, 0.25) is 5.13 Å². The molecule has 0 spiro atoms. The summed E-state index contributed by atoms with van der Waals surface area (Å²) in [5, 5.41) is 15.5. The van der Waals surface area contributed by atoms with Crippen molar-refractivity contribution in [2.45, 2.75) is 0 Å². The van der Waals surface area contributed by atoms with Gasteiger partial charge in [-0.3, -0.25) is 0 Å². The Morgan fingerprint density at radius 1 is 1.32 bits per heavy atom. The molecule has 0 aliphatic heterocycles. The first kappa shape index (κ1) is 17.4. The Bertz CT molecular complexity index is 684. The van der Waals surface area contributed by atoms with Gasteiger partial charge in [0.15, 0.2) is 0 Å². The van der Waals surface area contributed by atoms with Crippen molar-refractivity contribution in [1.82, 2.24) is 9.88 Å². The van der Waals surface area contributed by atoms with Crippen LogP contribution in [0, 0.1) is 0 Å². The van der Waals surface area contributed by atoms with E-state index in [1.54, 1.807) is 24.8 Å². The Morgan fingerprint density at radius 2 is 1.95 bits per heavy atom. The van der Waals surface area contributed by atoms with E-state index in [1.165, 1.54) is 0 Å². The summed E-state index contributed by atoms with van der Waals surface area (Å²) in [7, 11) is 5.52. The fourth-order valence-corrected chi connectivity index (χ4v) is 2.07. The maximum Gasteiger partial charge on any atom is 0.414 e. The minimum Gasteiger partial charge on any atom is -0.497 e. The van der Waals surface area contributed by atoms with Crippen LogP contribution < -0.4 is 4.74 Å². The third kappa shape index (κ3) is 5.37. The van der Waals surface area contributed by atoms with Crippen LogP contribution in [0.25, 0.3) is 10.2 Å². The molecule has 0 saturated heterocycles. The molecular formula is C13H15N3O5S. The van der Waals surface area contributed by atoms with Crippen LogP contribution >= 0.6 is 11.3 Å². The zero-order valence-corrected chi connectivity index (χ0v) is 13.0. The van der Waals surface area contributed by atoms with E-state index in [2.05, 4.69) is 9.98 Å². The van der Waals surface area contributed by atoms with E-state index in [4.69, 9.17) is 24.5 Å². The van der Waals surface area contributed by atoms with Crippen molar-refractivity contribution in [3.63, 3.8) is 0 Å². The number of hydrogen-bond donors (Lipinski definition) is 2. The number of rotatable bonds is 3. The highest BCUT2D eigenvalue weighted by Gasteiger charge is 2.04. The second-order valence-electron chi connectivity index (χ2n) is 4.15. The number of carbonyl (C=O) groups is 2. The van der Waals surface area contributed by atoms with Crippen LogP contribution in [0.15, 0.2) is 23.2 Å². The zero-order chi connectivity index (χ0) is 16.7. The first-order chi connectivity index (χ1) is 10.3. The first-order valence-corrected chi connectivity index (χ1v) is 6.76. The van der Waals surface area contributed by atoms with Gasteiger partial charge in [-0.25, -0.2) is 19.6 Å². The average molecular weight is 325 g/mol. The van der Waals surface area contributed by atoms with Crippen molar-refractivity contribution in [2.75, 3.05) is 21.2 Å². The monoisotopic (exact) mass is 325 g/mol. The van der Waals surface area contributed by atoms with Crippen LogP contribution in [0.5, 0.6) is 5.75 Å². The van der Waals surface area contributed by atoms with Crippen molar-refractivity contribution < 1.29 is 24.5 Å². The standard InChI is InChI=1S/C11H13N3OS.C2H2O4/c1-14(2)7-12-11-13-9-5-4-8(15-3)6-10(9)16-11;3-1(4)2(5)6/h4-7H,1-3H3;(H,3,4)(H,5,6). The number of aromatic nitrogens is 1. The molecule has 8 nitrogen and oxygen atoms in total. The number of ether oxygens (including phenoxy) is 1. The molecule has 0 amide bonds. The summed E-state index contributed by atoms with van der Waals surface area (Å²) < 4.78 is 6.25. The van der Waals surface area contributed by atoms with E-state index in [9.17, 15) is 0 Å². The molecule has 1 aromatic heterocycles. The number of thiazole rings is 1. The molecule has 2 aromatic rings. The van der Waals surface area contributed by atoms with Gasteiger partial charge >= 0.3 is 11.9 Å². The second kappa shape index (κ2) is 7.93. The van der Waals surface area contributed by atoms with Crippen molar-refractivity contribution in [3.05, 3.63) is 18.2 Å². The molecule has 0 bridgehead atoms. The highest BCUT2D eigenvalue weighted by atomic mass is 32.1. The molecule has 22 heavy (non-hydrogen) atoms. The molecule has 118 valence electrons. The van der Waals surface area contributed by atoms with E-state index in [0.717, 1.165) is 21.1 Å². The molecule has 2 rings (SSSR count). The van der Waals surface area contributed by atoms with Gasteiger partial charge in [0.1, 0.15) is 5.75 Å². The molecular weight excluding hydrogens is 310 g/mol. The van der Waals surface area contributed by atoms with Gasteiger partial charge in [-0.1, -0.05) is 11.3 Å². The molecule has 1 aromatic carbocycles. The predicted molar refractivity (Wildman–Crippen MR) is 83.3 cm³/mol. The van der Waals surface area contributed by atoms with Gasteiger partial charge in [-0.2, -0.15) is 0 Å². The quantitative estimate of drug-likeness (QED) is 0.501. The molecule has 2 N–H and O–H groups in total. The number of fused-ring (bicyclic) bond motifs is 1. The van der Waals surface area contributed by atoms with Crippen molar-refractivity contribution in [3.8, 4) is 5.75 Å². The average Bonchev–Trinajstić information content (AvgIpc) is 2.87. The number of benzene rings is 1. The molecule has 0 radical (unpaired) electrons. The Kier molecular flexibility index (Phi) is 6.26. The molecule has 1 heterocycles. The number of aliphatic imine (C=N–C) groups is 1. The van der Waals surface area contributed by atoms with Crippen molar-refractivity contribution in [2.24, 2.45) is 4.99 Å². The van der Waals surface area contributed by atoms with Gasteiger partial charge in [0.25, 0.3) is 0 Å². The zero-order valence-electron chi connectivity index (χ0n) is 12.2. The van der Waals surface area contributed by atoms with Crippen LogP contribution in [0.4, 0.5) is 5.13 Å². The number of aliphatic carboxylic acids is 2. The molecule has 0 aliphatic rings. The summed E-state index contributed by atoms with van der Waals surface area (Å²) in [4.78, 5) is 28.7. The van der Waals surface area contributed by atoms with Gasteiger partial charge in [0.05, 0.1) is 23.7 Å². The van der Waals surface area contributed by atoms with E-state index in [1.807, 2.05) is 37.2 Å². The van der Waals surface area contributed by atoms with Gasteiger partial charge in [0, 0.05) is 14.1 Å². The van der Waals surface area contributed by atoms with Crippen LogP contribution in [0.1, 0.15) is 0 Å². The Balaban J connectivity index is 0.000000346. The summed E-state index contributed by atoms with van der Waals surface area (Å²) in [6.45, 7) is 0.